The number of nitrogens with one attached hydrogen (secondary N) is 1. The number of rotatable bonds is 3. The summed E-state index contributed by atoms with van der Waals surface area (Å²) in [6, 6.07) is 11.0. The zero-order valence-electron chi connectivity index (χ0n) is 12.2. The molecule has 0 bridgehead atoms. The van der Waals surface area contributed by atoms with Crippen LogP contribution in [0.2, 0.25) is 0 Å². The van der Waals surface area contributed by atoms with Gasteiger partial charge in [0.05, 0.1) is 5.52 Å². The molecule has 6 nitrogen and oxygen atoms in total. The van der Waals surface area contributed by atoms with Gasteiger partial charge in [0.1, 0.15) is 6.33 Å². The molecule has 0 unspecified atom stereocenters. The number of carbonyl (C=O) groups excluding carboxylic acids is 1. The van der Waals surface area contributed by atoms with Crippen molar-refractivity contribution in [2.24, 2.45) is 0 Å². The van der Waals surface area contributed by atoms with Gasteiger partial charge in [0.15, 0.2) is 11.5 Å². The van der Waals surface area contributed by atoms with Gasteiger partial charge in [-0.1, -0.05) is 6.07 Å². The van der Waals surface area contributed by atoms with E-state index in [-0.39, 0.29) is 12.7 Å². The van der Waals surface area contributed by atoms with E-state index in [0.717, 1.165) is 22.2 Å². The molecule has 1 amide bonds. The lowest BCUT2D eigenvalue weighted by molar-refractivity contribution is 0.0951. The Hall–Kier alpha value is -3.15. The Morgan fingerprint density at radius 3 is 3.00 bits per heavy atom. The molecule has 3 aromatic rings. The summed E-state index contributed by atoms with van der Waals surface area (Å²) in [5.74, 6) is 1.29. The Kier molecular flexibility index (Phi) is 3.27. The van der Waals surface area contributed by atoms with Gasteiger partial charge in [-0.25, -0.2) is 9.97 Å². The molecule has 0 saturated heterocycles. The van der Waals surface area contributed by atoms with Gasteiger partial charge < -0.3 is 14.8 Å². The molecular formula is C17H13N3O3. The predicted molar refractivity (Wildman–Crippen MR) is 83.3 cm³/mol. The van der Waals surface area contributed by atoms with Gasteiger partial charge >= 0.3 is 0 Å². The molecule has 4 rings (SSSR count). The Morgan fingerprint density at radius 1 is 1.13 bits per heavy atom. The van der Waals surface area contributed by atoms with Crippen molar-refractivity contribution in [3.05, 3.63) is 60.0 Å². The monoisotopic (exact) mass is 307 g/mol. The highest BCUT2D eigenvalue weighted by atomic mass is 16.7. The molecule has 2 heterocycles. The van der Waals surface area contributed by atoms with Crippen LogP contribution in [0.3, 0.4) is 0 Å². The first-order valence-corrected chi connectivity index (χ1v) is 7.16. The summed E-state index contributed by atoms with van der Waals surface area (Å²) in [5.41, 5.74) is 2.34. The summed E-state index contributed by atoms with van der Waals surface area (Å²) in [5, 5.41) is 3.73. The highest BCUT2D eigenvalue weighted by molar-refractivity contribution is 5.97. The summed E-state index contributed by atoms with van der Waals surface area (Å²) < 4.78 is 10.6. The van der Waals surface area contributed by atoms with Crippen LogP contribution in [0.5, 0.6) is 11.5 Å². The van der Waals surface area contributed by atoms with Crippen LogP contribution in [-0.4, -0.2) is 22.7 Å². The number of fused-ring (bicyclic) bond motifs is 2. The largest absolute Gasteiger partial charge is 0.454 e. The predicted octanol–water partition coefficient (Wildman–Crippen LogP) is 2.29. The van der Waals surface area contributed by atoms with E-state index in [0.29, 0.717) is 17.9 Å². The van der Waals surface area contributed by atoms with Crippen LogP contribution in [-0.2, 0) is 6.54 Å². The van der Waals surface area contributed by atoms with Gasteiger partial charge in [0.2, 0.25) is 6.79 Å². The summed E-state index contributed by atoms with van der Waals surface area (Å²) in [4.78, 5) is 20.4. The van der Waals surface area contributed by atoms with Crippen LogP contribution in [0.1, 0.15) is 15.9 Å². The zero-order chi connectivity index (χ0) is 15.6. The molecule has 23 heavy (non-hydrogen) atoms. The topological polar surface area (TPSA) is 73.3 Å². The van der Waals surface area contributed by atoms with Crippen molar-refractivity contribution >= 4 is 16.8 Å². The Morgan fingerprint density at radius 2 is 2.04 bits per heavy atom. The minimum absolute atomic E-state index is 0.145. The van der Waals surface area contributed by atoms with Crippen LogP contribution in [0.4, 0.5) is 0 Å². The van der Waals surface area contributed by atoms with Crippen molar-refractivity contribution in [2.45, 2.75) is 6.54 Å². The van der Waals surface area contributed by atoms with Crippen molar-refractivity contribution in [3.8, 4) is 11.5 Å². The maximum absolute atomic E-state index is 12.3. The maximum atomic E-state index is 12.3. The number of amides is 1. The SMILES string of the molecule is O=C(NCc1ccc2c(c1)OCO2)c1ccc2ncncc2c1. The molecule has 1 aliphatic rings. The van der Waals surface area contributed by atoms with Crippen molar-refractivity contribution in [1.29, 1.82) is 0 Å². The van der Waals surface area contributed by atoms with E-state index >= 15 is 0 Å². The van der Waals surface area contributed by atoms with Gasteiger partial charge in [0.25, 0.3) is 5.91 Å². The quantitative estimate of drug-likeness (QED) is 0.803. The van der Waals surface area contributed by atoms with Crippen LogP contribution in [0.15, 0.2) is 48.9 Å². The average molecular weight is 307 g/mol. The average Bonchev–Trinajstić information content (AvgIpc) is 3.07. The molecule has 0 fully saturated rings. The van der Waals surface area contributed by atoms with Crippen LogP contribution >= 0.6 is 0 Å². The van der Waals surface area contributed by atoms with Crippen molar-refractivity contribution in [1.82, 2.24) is 15.3 Å². The summed E-state index contributed by atoms with van der Waals surface area (Å²) in [6.07, 6.45) is 3.18. The lowest BCUT2D eigenvalue weighted by Crippen LogP contribution is -2.22. The smallest absolute Gasteiger partial charge is 0.251 e. The Labute approximate surface area is 132 Å². The van der Waals surface area contributed by atoms with Gasteiger partial charge in [-0.05, 0) is 35.9 Å². The number of hydrogen-bond acceptors (Lipinski definition) is 5. The third-order valence-electron chi connectivity index (χ3n) is 3.66. The molecule has 2 aromatic carbocycles. The summed E-state index contributed by atoms with van der Waals surface area (Å²) >= 11 is 0. The molecule has 0 atom stereocenters. The third kappa shape index (κ3) is 2.66. The molecule has 0 radical (unpaired) electrons. The Balaban J connectivity index is 1.48. The van der Waals surface area contributed by atoms with E-state index in [4.69, 9.17) is 9.47 Å². The van der Waals surface area contributed by atoms with Gasteiger partial charge in [0, 0.05) is 23.7 Å². The summed E-state index contributed by atoms with van der Waals surface area (Å²) in [7, 11) is 0. The van der Waals surface area contributed by atoms with Crippen molar-refractivity contribution < 1.29 is 14.3 Å². The standard InChI is InChI=1S/C17H13N3O3/c21-17(12-2-3-14-13(6-12)8-18-9-20-14)19-7-11-1-4-15-16(5-11)23-10-22-15/h1-6,8-9H,7,10H2,(H,19,21). The van der Waals surface area contributed by atoms with E-state index < -0.39 is 0 Å². The van der Waals surface area contributed by atoms with E-state index in [9.17, 15) is 4.79 Å². The minimum atomic E-state index is -0.145. The number of aromatic nitrogens is 2. The normalized spacial score (nSPS) is 12.3. The second kappa shape index (κ2) is 5.57. The molecule has 1 aromatic heterocycles. The minimum Gasteiger partial charge on any atom is -0.454 e. The number of nitrogens with zero attached hydrogens (tertiary/aromatic N) is 2. The number of benzene rings is 2. The lowest BCUT2D eigenvalue weighted by Gasteiger charge is -2.07. The molecule has 6 heteroatoms. The van der Waals surface area contributed by atoms with Crippen LogP contribution in [0.25, 0.3) is 10.9 Å². The van der Waals surface area contributed by atoms with E-state index in [1.165, 1.54) is 6.33 Å². The first-order chi connectivity index (χ1) is 11.3. The fourth-order valence-corrected chi connectivity index (χ4v) is 2.46. The molecule has 1 aliphatic heterocycles. The van der Waals surface area contributed by atoms with Crippen LogP contribution < -0.4 is 14.8 Å². The zero-order valence-corrected chi connectivity index (χ0v) is 12.2. The van der Waals surface area contributed by atoms with Crippen molar-refractivity contribution in [2.75, 3.05) is 6.79 Å². The van der Waals surface area contributed by atoms with Gasteiger partial charge in [-0.2, -0.15) is 0 Å². The fourth-order valence-electron chi connectivity index (χ4n) is 2.46. The molecule has 114 valence electrons. The molecule has 0 saturated carbocycles. The van der Waals surface area contributed by atoms with E-state index in [1.807, 2.05) is 24.3 Å². The fraction of sp³-hybridized carbons (Fsp3) is 0.118. The molecule has 0 spiro atoms. The number of ether oxygens (including phenoxy) is 2. The summed E-state index contributed by atoms with van der Waals surface area (Å²) in [6.45, 7) is 0.656. The second-order valence-corrected chi connectivity index (χ2v) is 5.17. The van der Waals surface area contributed by atoms with Crippen molar-refractivity contribution in [3.63, 3.8) is 0 Å². The highest BCUT2D eigenvalue weighted by Gasteiger charge is 2.13. The van der Waals surface area contributed by atoms with E-state index in [2.05, 4.69) is 15.3 Å². The van der Waals surface area contributed by atoms with Gasteiger partial charge in [-0.3, -0.25) is 4.79 Å². The van der Waals surface area contributed by atoms with E-state index in [1.54, 1.807) is 18.3 Å². The molecule has 1 N–H and O–H groups in total. The first kappa shape index (κ1) is 13.5. The highest BCUT2D eigenvalue weighted by Crippen LogP contribution is 2.32. The number of carbonyl (C=O) groups is 1. The second-order valence-electron chi connectivity index (χ2n) is 5.17. The van der Waals surface area contributed by atoms with Gasteiger partial charge in [-0.15, -0.1) is 0 Å². The number of hydrogen-bond donors (Lipinski definition) is 1. The third-order valence-corrected chi connectivity index (χ3v) is 3.66. The first-order valence-electron chi connectivity index (χ1n) is 7.16. The molecule has 0 aliphatic carbocycles. The lowest BCUT2D eigenvalue weighted by atomic mass is 10.1. The Bertz CT molecular complexity index is 895. The maximum Gasteiger partial charge on any atom is 0.251 e. The van der Waals surface area contributed by atoms with Crippen LogP contribution in [0, 0.1) is 0 Å². The molecular weight excluding hydrogens is 294 g/mol.